The number of hydrogen-bond acceptors (Lipinski definition) is 4. The second-order valence-electron chi connectivity index (χ2n) is 7.85. The number of fused-ring (bicyclic) bond motifs is 1. The minimum atomic E-state index is 0.224. The SMILES string of the molecule is CN(CC(=O)N1CC2C[C@@H]3CC1C[C@H](C2)C3)c1ccc(C#N)cn1. The molecule has 1 amide bonds. The van der Waals surface area contributed by atoms with E-state index in [4.69, 9.17) is 5.26 Å². The first-order valence-electron chi connectivity index (χ1n) is 8.99. The monoisotopic (exact) mass is 324 g/mol. The summed E-state index contributed by atoms with van der Waals surface area (Å²) in [5, 5.41) is 8.86. The summed E-state index contributed by atoms with van der Waals surface area (Å²) in [6.45, 7) is 1.31. The number of aromatic nitrogens is 1. The van der Waals surface area contributed by atoms with Crippen molar-refractivity contribution in [1.29, 1.82) is 5.26 Å². The van der Waals surface area contributed by atoms with E-state index in [1.165, 1.54) is 32.1 Å². The number of nitrogens with zero attached hydrogens (tertiary/aromatic N) is 4. The molecule has 2 saturated heterocycles. The molecule has 0 aromatic carbocycles. The van der Waals surface area contributed by atoms with E-state index in [1.54, 1.807) is 12.3 Å². The molecule has 2 aliphatic heterocycles. The van der Waals surface area contributed by atoms with Crippen molar-refractivity contribution in [3.8, 4) is 6.07 Å². The van der Waals surface area contributed by atoms with Gasteiger partial charge >= 0.3 is 0 Å². The number of amides is 1. The van der Waals surface area contributed by atoms with E-state index in [0.717, 1.165) is 24.2 Å². The zero-order chi connectivity index (χ0) is 16.7. The normalized spacial score (nSPS) is 30.8. The molecular weight excluding hydrogens is 300 g/mol. The first-order chi connectivity index (χ1) is 11.6. The van der Waals surface area contributed by atoms with Crippen molar-refractivity contribution < 1.29 is 4.79 Å². The number of carbonyl (C=O) groups is 1. The second-order valence-corrected chi connectivity index (χ2v) is 7.85. The number of carbonyl (C=O) groups excluding carboxylic acids is 1. The van der Waals surface area contributed by atoms with Crippen LogP contribution in [0, 0.1) is 29.1 Å². The van der Waals surface area contributed by atoms with Gasteiger partial charge in [0.05, 0.1) is 12.1 Å². The Morgan fingerprint density at radius 3 is 2.58 bits per heavy atom. The maximum atomic E-state index is 12.9. The Morgan fingerprint density at radius 2 is 1.96 bits per heavy atom. The van der Waals surface area contributed by atoms with Crippen LogP contribution in [-0.2, 0) is 4.79 Å². The van der Waals surface area contributed by atoms with Crippen molar-refractivity contribution in [3.63, 3.8) is 0 Å². The summed E-state index contributed by atoms with van der Waals surface area (Å²) in [6.07, 6.45) is 8.01. The summed E-state index contributed by atoms with van der Waals surface area (Å²) in [7, 11) is 1.90. The predicted octanol–water partition coefficient (Wildman–Crippen LogP) is 2.43. The van der Waals surface area contributed by atoms with Crippen molar-refractivity contribution in [2.24, 2.45) is 17.8 Å². The van der Waals surface area contributed by atoms with Crippen LogP contribution in [0.15, 0.2) is 18.3 Å². The van der Waals surface area contributed by atoms with Crippen LogP contribution in [0.5, 0.6) is 0 Å². The average Bonchev–Trinajstić information content (AvgIpc) is 2.78. The Morgan fingerprint density at radius 1 is 1.25 bits per heavy atom. The van der Waals surface area contributed by atoms with E-state index >= 15 is 0 Å². The average molecular weight is 324 g/mol. The molecule has 4 bridgehead atoms. The van der Waals surface area contributed by atoms with Gasteiger partial charge in [-0.3, -0.25) is 4.79 Å². The lowest BCUT2D eigenvalue weighted by molar-refractivity contribution is -0.132. The first kappa shape index (κ1) is 15.4. The number of rotatable bonds is 3. The Labute approximate surface area is 143 Å². The molecule has 2 unspecified atom stereocenters. The van der Waals surface area contributed by atoms with E-state index in [-0.39, 0.29) is 5.91 Å². The molecule has 4 atom stereocenters. The van der Waals surface area contributed by atoms with Crippen LogP contribution < -0.4 is 4.90 Å². The highest BCUT2D eigenvalue weighted by Gasteiger charge is 2.43. The largest absolute Gasteiger partial charge is 0.350 e. The molecule has 5 nitrogen and oxygen atoms in total. The van der Waals surface area contributed by atoms with Crippen molar-refractivity contribution in [2.75, 3.05) is 25.0 Å². The van der Waals surface area contributed by atoms with Crippen LogP contribution >= 0.6 is 0 Å². The summed E-state index contributed by atoms with van der Waals surface area (Å²) in [5.41, 5.74) is 0.541. The molecule has 2 saturated carbocycles. The lowest BCUT2D eigenvalue weighted by Gasteiger charge is -2.39. The quantitative estimate of drug-likeness (QED) is 0.857. The van der Waals surface area contributed by atoms with Crippen LogP contribution in [0.1, 0.15) is 37.7 Å². The molecule has 24 heavy (non-hydrogen) atoms. The van der Waals surface area contributed by atoms with Crippen LogP contribution in [0.25, 0.3) is 0 Å². The third kappa shape index (κ3) is 2.86. The lowest BCUT2D eigenvalue weighted by atomic mass is 9.68. The standard InChI is InChI=1S/C19H24N4O/c1-22(18-3-2-13(9-20)10-21-18)12-19(24)23-11-16-5-14-4-15(6-16)8-17(23)7-14/h2-3,10,14-17H,4-8,11-12H2,1H3/t14-,15+,16?,17?. The van der Waals surface area contributed by atoms with Gasteiger partial charge in [0.25, 0.3) is 0 Å². The fourth-order valence-electron chi connectivity index (χ4n) is 5.14. The minimum absolute atomic E-state index is 0.224. The van der Waals surface area contributed by atoms with Gasteiger partial charge in [-0.15, -0.1) is 0 Å². The zero-order valence-corrected chi connectivity index (χ0v) is 14.2. The Hall–Kier alpha value is -2.09. The first-order valence-corrected chi connectivity index (χ1v) is 8.99. The van der Waals surface area contributed by atoms with Gasteiger partial charge in [-0.1, -0.05) is 0 Å². The van der Waals surface area contributed by atoms with Gasteiger partial charge in [0.15, 0.2) is 0 Å². The van der Waals surface area contributed by atoms with Crippen LogP contribution in [0.4, 0.5) is 5.82 Å². The fourth-order valence-corrected chi connectivity index (χ4v) is 5.14. The highest BCUT2D eigenvalue weighted by Crippen LogP contribution is 2.47. The van der Waals surface area contributed by atoms with Gasteiger partial charge in [-0.2, -0.15) is 5.26 Å². The van der Waals surface area contributed by atoms with Crippen LogP contribution in [0.2, 0.25) is 0 Å². The third-order valence-electron chi connectivity index (χ3n) is 6.07. The number of hydrogen-bond donors (Lipinski definition) is 0. The highest BCUT2D eigenvalue weighted by molar-refractivity contribution is 5.81. The molecule has 2 aliphatic carbocycles. The van der Waals surface area contributed by atoms with Crippen molar-refractivity contribution in [2.45, 2.75) is 38.1 Å². The molecular formula is C19H24N4O. The van der Waals surface area contributed by atoms with Gasteiger partial charge in [0.1, 0.15) is 11.9 Å². The van der Waals surface area contributed by atoms with Crippen LogP contribution in [-0.4, -0.2) is 42.0 Å². The van der Waals surface area contributed by atoms with E-state index in [2.05, 4.69) is 16.0 Å². The summed E-state index contributed by atoms with van der Waals surface area (Å²) in [5.74, 6) is 3.37. The Bertz CT molecular complexity index is 651. The topological polar surface area (TPSA) is 60.2 Å². The molecule has 126 valence electrons. The van der Waals surface area contributed by atoms with E-state index < -0.39 is 0 Å². The Balaban J connectivity index is 1.44. The smallest absolute Gasteiger partial charge is 0.242 e. The van der Waals surface area contributed by atoms with Crippen molar-refractivity contribution >= 4 is 11.7 Å². The van der Waals surface area contributed by atoms with E-state index in [0.29, 0.717) is 24.1 Å². The number of anilines is 1. The maximum Gasteiger partial charge on any atom is 0.242 e. The van der Waals surface area contributed by atoms with Gasteiger partial charge < -0.3 is 9.80 Å². The Kier molecular flexibility index (Phi) is 3.91. The molecule has 0 radical (unpaired) electrons. The second kappa shape index (κ2) is 6.08. The van der Waals surface area contributed by atoms with Crippen LogP contribution in [0.3, 0.4) is 0 Å². The van der Waals surface area contributed by atoms with Crippen molar-refractivity contribution in [1.82, 2.24) is 9.88 Å². The number of likely N-dealkylation sites (N-methyl/N-ethyl adjacent to an activating group) is 1. The van der Waals surface area contributed by atoms with Gasteiger partial charge in [-0.25, -0.2) is 4.98 Å². The van der Waals surface area contributed by atoms with E-state index in [9.17, 15) is 4.79 Å². The zero-order valence-electron chi connectivity index (χ0n) is 14.2. The summed E-state index contributed by atoms with van der Waals surface area (Å²) in [4.78, 5) is 21.3. The molecule has 1 aromatic heterocycles. The van der Waals surface area contributed by atoms with Crippen molar-refractivity contribution in [3.05, 3.63) is 23.9 Å². The summed E-state index contributed by atoms with van der Waals surface area (Å²) >= 11 is 0. The van der Waals surface area contributed by atoms with Gasteiger partial charge in [0, 0.05) is 25.8 Å². The summed E-state index contributed by atoms with van der Waals surface area (Å²) in [6, 6.07) is 6.08. The highest BCUT2D eigenvalue weighted by atomic mass is 16.2. The lowest BCUT2D eigenvalue weighted by Crippen LogP contribution is -2.46. The maximum absolute atomic E-state index is 12.9. The summed E-state index contributed by atoms with van der Waals surface area (Å²) < 4.78 is 0. The molecule has 0 N–H and O–H groups in total. The molecule has 0 spiro atoms. The molecule has 3 heterocycles. The molecule has 4 fully saturated rings. The fraction of sp³-hybridized carbons (Fsp3) is 0.632. The minimum Gasteiger partial charge on any atom is -0.350 e. The molecule has 1 aromatic rings. The molecule has 5 rings (SSSR count). The van der Waals surface area contributed by atoms with Gasteiger partial charge in [-0.05, 0) is 62.0 Å². The van der Waals surface area contributed by atoms with Gasteiger partial charge in [0.2, 0.25) is 5.91 Å². The van der Waals surface area contributed by atoms with E-state index in [1.807, 2.05) is 18.0 Å². The number of nitriles is 1. The molecule has 4 aliphatic rings. The third-order valence-corrected chi connectivity index (χ3v) is 6.07. The molecule has 5 heteroatoms. The predicted molar refractivity (Wildman–Crippen MR) is 91.3 cm³/mol. The number of pyridine rings is 1.